The number of carbonyl (C=O) groups is 1. The molecular weight excluding hydrogens is 288 g/mol. The van der Waals surface area contributed by atoms with Gasteiger partial charge in [0.15, 0.2) is 0 Å². The van der Waals surface area contributed by atoms with Crippen LogP contribution in [0, 0.1) is 5.92 Å². The van der Waals surface area contributed by atoms with E-state index in [1.165, 1.54) is 4.88 Å². The van der Waals surface area contributed by atoms with Gasteiger partial charge in [-0.2, -0.15) is 0 Å². The maximum atomic E-state index is 11.5. The van der Waals surface area contributed by atoms with Crippen molar-refractivity contribution in [2.75, 3.05) is 6.54 Å². The Kier molecular flexibility index (Phi) is 5.44. The van der Waals surface area contributed by atoms with E-state index < -0.39 is 6.04 Å². The van der Waals surface area contributed by atoms with Crippen LogP contribution >= 0.6 is 27.3 Å². The number of halogens is 1. The molecule has 90 valence electrons. The second-order valence-corrected chi connectivity index (χ2v) is 6.56. The van der Waals surface area contributed by atoms with Gasteiger partial charge in [-0.3, -0.25) is 4.79 Å². The highest BCUT2D eigenvalue weighted by atomic mass is 79.9. The molecule has 3 nitrogen and oxygen atoms in total. The van der Waals surface area contributed by atoms with Crippen molar-refractivity contribution in [1.82, 2.24) is 5.32 Å². The van der Waals surface area contributed by atoms with Crippen LogP contribution < -0.4 is 11.1 Å². The topological polar surface area (TPSA) is 55.1 Å². The summed E-state index contributed by atoms with van der Waals surface area (Å²) in [4.78, 5) is 12.8. The number of rotatable bonds is 5. The molecule has 0 aromatic carbocycles. The Bertz CT molecular complexity index is 352. The average molecular weight is 305 g/mol. The SMILES string of the molecule is CC(C)[C@H](N)C(=O)NCCc1ccc(Br)s1. The number of thiophene rings is 1. The van der Waals surface area contributed by atoms with E-state index in [0.717, 1.165) is 10.2 Å². The van der Waals surface area contributed by atoms with E-state index in [1.807, 2.05) is 19.9 Å². The molecule has 1 rings (SSSR count). The number of carbonyl (C=O) groups excluding carboxylic acids is 1. The van der Waals surface area contributed by atoms with Crippen LogP contribution in [0.3, 0.4) is 0 Å². The molecule has 0 spiro atoms. The third-order valence-corrected chi connectivity index (χ3v) is 4.00. The Labute approximate surface area is 109 Å². The molecule has 1 atom stereocenters. The van der Waals surface area contributed by atoms with Gasteiger partial charge in [0.25, 0.3) is 0 Å². The molecule has 0 unspecified atom stereocenters. The minimum Gasteiger partial charge on any atom is -0.354 e. The zero-order chi connectivity index (χ0) is 12.1. The number of nitrogens with two attached hydrogens (primary N) is 1. The van der Waals surface area contributed by atoms with E-state index in [1.54, 1.807) is 11.3 Å². The minimum atomic E-state index is -0.407. The van der Waals surface area contributed by atoms with E-state index >= 15 is 0 Å². The molecule has 5 heteroatoms. The Hall–Kier alpha value is -0.390. The molecule has 16 heavy (non-hydrogen) atoms. The summed E-state index contributed by atoms with van der Waals surface area (Å²) >= 11 is 5.09. The monoisotopic (exact) mass is 304 g/mol. The molecule has 0 radical (unpaired) electrons. The van der Waals surface area contributed by atoms with Crippen molar-refractivity contribution in [3.63, 3.8) is 0 Å². The molecule has 3 N–H and O–H groups in total. The largest absolute Gasteiger partial charge is 0.354 e. The molecule has 1 heterocycles. The molecule has 0 bridgehead atoms. The lowest BCUT2D eigenvalue weighted by Gasteiger charge is -2.14. The highest BCUT2D eigenvalue weighted by molar-refractivity contribution is 9.11. The van der Waals surface area contributed by atoms with Crippen LogP contribution in [0.2, 0.25) is 0 Å². The van der Waals surface area contributed by atoms with E-state index in [9.17, 15) is 4.79 Å². The lowest BCUT2D eigenvalue weighted by Crippen LogP contribution is -2.44. The van der Waals surface area contributed by atoms with Gasteiger partial charge in [-0.05, 0) is 40.4 Å². The third kappa shape index (κ3) is 4.23. The maximum Gasteiger partial charge on any atom is 0.237 e. The fraction of sp³-hybridized carbons (Fsp3) is 0.545. The fourth-order valence-corrected chi connectivity index (χ4v) is 2.70. The van der Waals surface area contributed by atoms with Crippen molar-refractivity contribution >= 4 is 33.2 Å². The van der Waals surface area contributed by atoms with E-state index in [2.05, 4.69) is 27.3 Å². The number of hydrogen-bond donors (Lipinski definition) is 2. The van der Waals surface area contributed by atoms with Crippen molar-refractivity contribution in [2.24, 2.45) is 11.7 Å². The first-order valence-corrected chi connectivity index (χ1v) is 6.89. The normalized spacial score (nSPS) is 12.8. The molecule has 0 saturated carbocycles. The second-order valence-electron chi connectivity index (χ2n) is 4.02. The van der Waals surface area contributed by atoms with Gasteiger partial charge in [0.1, 0.15) is 0 Å². The minimum absolute atomic E-state index is 0.0642. The molecule has 0 saturated heterocycles. The summed E-state index contributed by atoms with van der Waals surface area (Å²) < 4.78 is 1.12. The van der Waals surface area contributed by atoms with Gasteiger partial charge in [0.2, 0.25) is 5.91 Å². The molecule has 0 aliphatic rings. The van der Waals surface area contributed by atoms with Gasteiger partial charge in [-0.1, -0.05) is 13.8 Å². The summed E-state index contributed by atoms with van der Waals surface area (Å²) in [5.41, 5.74) is 5.73. The molecule has 1 aromatic heterocycles. The third-order valence-electron chi connectivity index (χ3n) is 2.32. The van der Waals surface area contributed by atoms with E-state index in [4.69, 9.17) is 5.73 Å². The quantitative estimate of drug-likeness (QED) is 0.876. The van der Waals surface area contributed by atoms with E-state index in [0.29, 0.717) is 6.54 Å². The number of nitrogens with one attached hydrogen (secondary N) is 1. The first-order chi connectivity index (χ1) is 7.50. The summed E-state index contributed by atoms with van der Waals surface area (Å²) in [6.07, 6.45) is 0.854. The van der Waals surface area contributed by atoms with Crippen LogP contribution in [-0.2, 0) is 11.2 Å². The van der Waals surface area contributed by atoms with Crippen molar-refractivity contribution < 1.29 is 4.79 Å². The molecule has 0 fully saturated rings. The average Bonchev–Trinajstić information content (AvgIpc) is 2.62. The zero-order valence-corrected chi connectivity index (χ0v) is 11.9. The summed E-state index contributed by atoms with van der Waals surface area (Å²) in [6.45, 7) is 4.54. The molecule has 0 aliphatic heterocycles. The van der Waals surface area contributed by atoms with Crippen LogP contribution in [0.4, 0.5) is 0 Å². The Morgan fingerprint density at radius 3 is 2.75 bits per heavy atom. The molecular formula is C11H17BrN2OS. The highest BCUT2D eigenvalue weighted by Crippen LogP contribution is 2.21. The summed E-state index contributed by atoms with van der Waals surface area (Å²) in [5.74, 6) is 0.113. The Balaban J connectivity index is 2.28. The van der Waals surface area contributed by atoms with Gasteiger partial charge in [-0.25, -0.2) is 0 Å². The molecule has 0 aliphatic carbocycles. The lowest BCUT2D eigenvalue weighted by atomic mass is 10.1. The second kappa shape index (κ2) is 6.37. The number of amides is 1. The van der Waals surface area contributed by atoms with Gasteiger partial charge >= 0.3 is 0 Å². The Morgan fingerprint density at radius 1 is 1.56 bits per heavy atom. The standard InChI is InChI=1S/C11H17BrN2OS/c1-7(2)10(13)11(15)14-6-5-8-3-4-9(12)16-8/h3-4,7,10H,5-6,13H2,1-2H3,(H,14,15)/t10-/m0/s1. The maximum absolute atomic E-state index is 11.5. The summed E-state index contributed by atoms with van der Waals surface area (Å²) in [5, 5.41) is 2.85. The van der Waals surface area contributed by atoms with Crippen LogP contribution in [0.25, 0.3) is 0 Å². The van der Waals surface area contributed by atoms with Gasteiger partial charge in [0, 0.05) is 11.4 Å². The van der Waals surface area contributed by atoms with Crippen molar-refractivity contribution in [3.8, 4) is 0 Å². The van der Waals surface area contributed by atoms with E-state index in [-0.39, 0.29) is 11.8 Å². The summed E-state index contributed by atoms with van der Waals surface area (Å²) in [7, 11) is 0. The fourth-order valence-electron chi connectivity index (χ4n) is 1.22. The first kappa shape index (κ1) is 13.7. The molecule has 1 aromatic rings. The zero-order valence-electron chi connectivity index (χ0n) is 9.50. The van der Waals surface area contributed by atoms with Gasteiger partial charge in [0.05, 0.1) is 9.83 Å². The lowest BCUT2D eigenvalue weighted by molar-refractivity contribution is -0.123. The Morgan fingerprint density at radius 2 is 2.25 bits per heavy atom. The van der Waals surface area contributed by atoms with Gasteiger partial charge < -0.3 is 11.1 Å². The van der Waals surface area contributed by atoms with Crippen LogP contribution in [0.15, 0.2) is 15.9 Å². The van der Waals surface area contributed by atoms with Crippen LogP contribution in [0.5, 0.6) is 0 Å². The first-order valence-electron chi connectivity index (χ1n) is 5.28. The van der Waals surface area contributed by atoms with Crippen molar-refractivity contribution in [2.45, 2.75) is 26.3 Å². The summed E-state index contributed by atoms with van der Waals surface area (Å²) in [6, 6.07) is 3.67. The van der Waals surface area contributed by atoms with Crippen molar-refractivity contribution in [1.29, 1.82) is 0 Å². The van der Waals surface area contributed by atoms with Gasteiger partial charge in [-0.15, -0.1) is 11.3 Å². The number of hydrogen-bond acceptors (Lipinski definition) is 3. The van der Waals surface area contributed by atoms with Crippen LogP contribution in [-0.4, -0.2) is 18.5 Å². The smallest absolute Gasteiger partial charge is 0.237 e. The predicted octanol–water partition coefficient (Wildman–Crippen LogP) is 2.15. The predicted molar refractivity (Wildman–Crippen MR) is 71.5 cm³/mol. The van der Waals surface area contributed by atoms with Crippen molar-refractivity contribution in [3.05, 3.63) is 20.8 Å². The van der Waals surface area contributed by atoms with Crippen LogP contribution in [0.1, 0.15) is 18.7 Å². The highest BCUT2D eigenvalue weighted by Gasteiger charge is 2.16. The molecule has 1 amide bonds.